The molecular formula is C23H22N2O3S3. The summed E-state index contributed by atoms with van der Waals surface area (Å²) >= 11 is 4.97. The van der Waals surface area contributed by atoms with Gasteiger partial charge in [-0.05, 0) is 72.7 Å². The number of thioether (sulfide) groups is 1. The Hall–Kier alpha value is -2.03. The minimum Gasteiger partial charge on any atom is -0.508 e. The van der Waals surface area contributed by atoms with E-state index in [9.17, 15) is 14.7 Å². The maximum Gasteiger partial charge on any atom is 0.308 e. The molecule has 6 rings (SSSR count). The van der Waals surface area contributed by atoms with Crippen molar-refractivity contribution >= 4 is 46.0 Å². The number of carbonyl (C=O) groups excluding carboxylic acids is 1. The van der Waals surface area contributed by atoms with Crippen molar-refractivity contribution in [1.82, 2.24) is 4.57 Å². The lowest BCUT2D eigenvalue weighted by atomic mass is 9.77. The Bertz CT molecular complexity index is 1180. The predicted molar refractivity (Wildman–Crippen MR) is 125 cm³/mol. The molecule has 8 heteroatoms. The third kappa shape index (κ3) is 3.27. The Kier molecular flexibility index (Phi) is 4.77. The Morgan fingerprint density at radius 3 is 2.74 bits per heavy atom. The lowest BCUT2D eigenvalue weighted by molar-refractivity contribution is -0.116. The van der Waals surface area contributed by atoms with E-state index < -0.39 is 0 Å². The Labute approximate surface area is 192 Å². The number of amides is 1. The Morgan fingerprint density at radius 2 is 1.97 bits per heavy atom. The van der Waals surface area contributed by atoms with Gasteiger partial charge in [0.05, 0.1) is 5.03 Å². The van der Waals surface area contributed by atoms with Crippen LogP contribution >= 0.6 is 34.4 Å². The first-order valence-electron chi connectivity index (χ1n) is 10.6. The first-order chi connectivity index (χ1) is 15.1. The van der Waals surface area contributed by atoms with Crippen LogP contribution in [0, 0.1) is 17.8 Å². The molecule has 1 amide bonds. The van der Waals surface area contributed by atoms with Crippen LogP contribution in [0.1, 0.15) is 34.9 Å². The van der Waals surface area contributed by atoms with Gasteiger partial charge in [0.2, 0.25) is 5.91 Å². The number of aromatic nitrogens is 1. The topological polar surface area (TPSA) is 71.3 Å². The van der Waals surface area contributed by atoms with Gasteiger partial charge in [-0.1, -0.05) is 17.4 Å². The summed E-state index contributed by atoms with van der Waals surface area (Å²) in [5.74, 6) is 2.30. The molecule has 2 fully saturated rings. The van der Waals surface area contributed by atoms with Crippen LogP contribution in [-0.2, 0) is 11.3 Å². The number of aromatic hydroxyl groups is 1. The Morgan fingerprint density at radius 1 is 1.16 bits per heavy atom. The van der Waals surface area contributed by atoms with Crippen molar-refractivity contribution in [2.24, 2.45) is 17.8 Å². The zero-order valence-electron chi connectivity index (χ0n) is 16.7. The van der Waals surface area contributed by atoms with E-state index in [0.717, 1.165) is 21.7 Å². The van der Waals surface area contributed by atoms with Crippen molar-refractivity contribution in [2.45, 2.75) is 42.0 Å². The molecule has 3 heterocycles. The van der Waals surface area contributed by atoms with Crippen LogP contribution in [0.2, 0.25) is 0 Å². The van der Waals surface area contributed by atoms with E-state index in [1.54, 1.807) is 28.0 Å². The molecule has 0 spiro atoms. The molecule has 0 radical (unpaired) electrons. The van der Waals surface area contributed by atoms with Gasteiger partial charge in [-0.3, -0.25) is 14.2 Å². The van der Waals surface area contributed by atoms with Crippen molar-refractivity contribution in [2.75, 3.05) is 5.32 Å². The summed E-state index contributed by atoms with van der Waals surface area (Å²) in [7, 11) is 0. The number of thiazole rings is 1. The number of rotatable bonds is 4. The third-order valence-corrected chi connectivity index (χ3v) is 10.8. The summed E-state index contributed by atoms with van der Waals surface area (Å²) in [6.07, 6.45) is 3.92. The number of anilines is 1. The molecule has 0 saturated heterocycles. The number of nitrogens with one attached hydrogen (secondary N) is 1. The number of benzene rings is 1. The van der Waals surface area contributed by atoms with Crippen LogP contribution in [0.4, 0.5) is 5.69 Å². The fourth-order valence-electron chi connectivity index (χ4n) is 5.76. The summed E-state index contributed by atoms with van der Waals surface area (Å²) in [4.78, 5) is 28.2. The lowest BCUT2D eigenvalue weighted by Crippen LogP contribution is -2.34. The van der Waals surface area contributed by atoms with Gasteiger partial charge < -0.3 is 10.4 Å². The number of thiophene rings is 1. The zero-order chi connectivity index (χ0) is 21.1. The second kappa shape index (κ2) is 7.53. The number of phenols is 1. The van der Waals surface area contributed by atoms with E-state index >= 15 is 0 Å². The van der Waals surface area contributed by atoms with E-state index in [2.05, 4.69) is 22.8 Å². The number of nitrogens with zero attached hydrogens (tertiary/aromatic N) is 1. The molecule has 5 nitrogen and oxygen atoms in total. The van der Waals surface area contributed by atoms with E-state index in [-0.39, 0.29) is 29.0 Å². The lowest BCUT2D eigenvalue weighted by Gasteiger charge is -2.40. The Balaban J connectivity index is 1.34. The molecule has 2 saturated carbocycles. The van der Waals surface area contributed by atoms with Crippen molar-refractivity contribution in [3.63, 3.8) is 0 Å². The zero-order valence-corrected chi connectivity index (χ0v) is 19.1. The minimum absolute atomic E-state index is 0.0151. The van der Waals surface area contributed by atoms with Crippen molar-refractivity contribution in [3.8, 4) is 5.75 Å². The quantitative estimate of drug-likeness (QED) is 0.528. The molecule has 2 aromatic heterocycles. The van der Waals surface area contributed by atoms with Gasteiger partial charge in [0.15, 0.2) is 0 Å². The SMILES string of the molecule is O=C(Cn1c2c(sc1=O)C(c1cccs1)C1C3CCC(C3)C1S2)Nc1ccc(O)cc1. The number of phenolic OH excluding ortho intramolecular Hbond substituents is 1. The molecule has 160 valence electrons. The van der Waals surface area contributed by atoms with E-state index in [1.807, 2.05) is 11.8 Å². The fraction of sp³-hybridized carbons (Fsp3) is 0.391. The molecule has 1 aliphatic heterocycles. The summed E-state index contributed by atoms with van der Waals surface area (Å²) in [6.45, 7) is 0.0151. The summed E-state index contributed by atoms with van der Waals surface area (Å²) < 4.78 is 1.68. The van der Waals surface area contributed by atoms with Gasteiger partial charge >= 0.3 is 4.87 Å². The molecular weight excluding hydrogens is 448 g/mol. The van der Waals surface area contributed by atoms with Crippen LogP contribution in [0.15, 0.2) is 51.6 Å². The molecule has 1 aromatic carbocycles. The highest BCUT2D eigenvalue weighted by Crippen LogP contribution is 2.64. The van der Waals surface area contributed by atoms with Gasteiger partial charge in [0, 0.05) is 26.6 Å². The normalized spacial score (nSPS) is 28.3. The van der Waals surface area contributed by atoms with Gasteiger partial charge in [-0.15, -0.1) is 23.1 Å². The predicted octanol–water partition coefficient (Wildman–Crippen LogP) is 4.97. The average Bonchev–Trinajstić information content (AvgIpc) is 3.54. The molecule has 31 heavy (non-hydrogen) atoms. The van der Waals surface area contributed by atoms with E-state index in [0.29, 0.717) is 16.9 Å². The number of fused-ring (bicyclic) bond motifs is 6. The van der Waals surface area contributed by atoms with Crippen molar-refractivity contribution in [3.05, 3.63) is 61.2 Å². The number of hydrogen-bond donors (Lipinski definition) is 2. The highest BCUT2D eigenvalue weighted by atomic mass is 32.2. The van der Waals surface area contributed by atoms with E-state index in [1.165, 1.54) is 47.6 Å². The molecule has 5 unspecified atom stereocenters. The fourth-order valence-corrected chi connectivity index (χ4v) is 9.87. The average molecular weight is 471 g/mol. The second-order valence-electron chi connectivity index (χ2n) is 8.70. The van der Waals surface area contributed by atoms with Gasteiger partial charge in [0.1, 0.15) is 12.3 Å². The van der Waals surface area contributed by atoms with Gasteiger partial charge in [-0.2, -0.15) is 0 Å². The standard InChI is InChI=1S/C23H22N2O3S3/c26-15-7-5-14(6-8-15)24-17(27)11-25-22-21(31-23(25)28)19(16-2-1-9-29-16)18-12-3-4-13(10-12)20(18)30-22/h1-2,5-9,12-13,18-20,26H,3-4,10-11H2,(H,24,27). The molecule has 2 aliphatic carbocycles. The largest absolute Gasteiger partial charge is 0.508 e. The molecule has 3 aliphatic rings. The van der Waals surface area contributed by atoms with Crippen LogP contribution in [0.5, 0.6) is 5.75 Å². The first kappa shape index (κ1) is 19.6. The third-order valence-electron chi connectivity index (χ3n) is 6.99. The van der Waals surface area contributed by atoms with Crippen molar-refractivity contribution < 1.29 is 9.90 Å². The number of carbonyl (C=O) groups is 1. The van der Waals surface area contributed by atoms with Crippen molar-refractivity contribution in [1.29, 1.82) is 0 Å². The molecule has 3 aromatic rings. The monoisotopic (exact) mass is 470 g/mol. The van der Waals surface area contributed by atoms with Crippen LogP contribution < -0.4 is 10.2 Å². The second-order valence-corrected chi connectivity index (χ2v) is 11.8. The summed E-state index contributed by atoms with van der Waals surface area (Å²) in [6, 6.07) is 10.7. The van der Waals surface area contributed by atoms with Crippen LogP contribution in [0.3, 0.4) is 0 Å². The highest BCUT2D eigenvalue weighted by molar-refractivity contribution is 8.00. The molecule has 2 N–H and O–H groups in total. The number of hydrogen-bond acceptors (Lipinski definition) is 6. The molecule has 2 bridgehead atoms. The first-order valence-corrected chi connectivity index (χ1v) is 13.2. The van der Waals surface area contributed by atoms with Crippen LogP contribution in [-0.4, -0.2) is 20.8 Å². The smallest absolute Gasteiger partial charge is 0.308 e. The summed E-state index contributed by atoms with van der Waals surface area (Å²) in [5, 5.41) is 15.9. The van der Waals surface area contributed by atoms with E-state index in [4.69, 9.17) is 0 Å². The minimum atomic E-state index is -0.225. The summed E-state index contributed by atoms with van der Waals surface area (Å²) in [5.41, 5.74) is 0.609. The van der Waals surface area contributed by atoms with Gasteiger partial charge in [0.25, 0.3) is 0 Å². The van der Waals surface area contributed by atoms with Gasteiger partial charge in [-0.25, -0.2) is 0 Å². The maximum absolute atomic E-state index is 13.0. The van der Waals surface area contributed by atoms with Crippen LogP contribution in [0.25, 0.3) is 0 Å². The maximum atomic E-state index is 13.0. The molecule has 5 atom stereocenters. The highest BCUT2D eigenvalue weighted by Gasteiger charge is 2.55.